The molecule has 1 heterocycles. The van der Waals surface area contributed by atoms with Gasteiger partial charge in [-0.2, -0.15) is 0 Å². The van der Waals surface area contributed by atoms with Crippen LogP contribution in [0.4, 0.5) is 11.6 Å². The van der Waals surface area contributed by atoms with E-state index >= 15 is 0 Å². The number of carboxylic acid groups (broad SMARTS) is 1. The lowest BCUT2D eigenvalue weighted by atomic mass is 9.46. The molecule has 1 aromatic rings. The van der Waals surface area contributed by atoms with Crippen LogP contribution >= 0.6 is 0 Å². The Labute approximate surface area is 496 Å². The van der Waals surface area contributed by atoms with E-state index in [4.69, 9.17) is 33.5 Å². The number of anilines is 2. The Morgan fingerprint density at radius 1 is 0.554 bits per heavy atom. The average molecular weight is 1170 g/mol. The molecule has 1 rings (SSSR count). The van der Waals surface area contributed by atoms with E-state index in [-0.39, 0.29) is 69.4 Å². The number of hydrogen-bond donors (Lipinski definition) is 7. The molecular weight excluding hydrogens is 1060 g/mol. The zero-order valence-corrected chi connectivity index (χ0v) is 54.6. The summed E-state index contributed by atoms with van der Waals surface area (Å²) in [5.74, 6) is -11.6. The standard InChI is InChI=1S/C61H105BN8O13/c1-24-26-39(71)34(3)56(10,11)33-38(58(14,15)60(18,19)43(53(80)82-23)61(20,21)62)47(73)66-28-30-68-49(75)41-45(64)69-40(44(63)70-41)48(74)67-29-27-65-46(72)36(32-55(8,9)35(4)51(78)83-25-2)31-37(50(76)77)57(12,13)59(16,17)42(52(79)81-22)54(5,6)7/h34-38,42-43H,24-33H2,1-23H3,(H2,63,70)(H2,64,69)(H,65,72)(H,66,73)(H,67,74)(H,68,75)(H,76,77). The molecule has 0 saturated carbocycles. The molecule has 22 heteroatoms. The third-order valence-electron chi connectivity index (χ3n) is 18.8. The molecule has 0 aromatic carbocycles. The molecule has 7 unspecified atom stereocenters. The summed E-state index contributed by atoms with van der Waals surface area (Å²) < 4.78 is 15.8. The first-order valence-electron chi connectivity index (χ1n) is 29.0. The highest BCUT2D eigenvalue weighted by atomic mass is 16.5. The van der Waals surface area contributed by atoms with Gasteiger partial charge in [-0.3, -0.25) is 43.2 Å². The first-order chi connectivity index (χ1) is 37.6. The van der Waals surface area contributed by atoms with E-state index in [2.05, 4.69) is 31.2 Å². The summed E-state index contributed by atoms with van der Waals surface area (Å²) in [6.07, 6.45) is 1.23. The van der Waals surface area contributed by atoms with Crippen LogP contribution in [0.2, 0.25) is 5.31 Å². The van der Waals surface area contributed by atoms with E-state index in [9.17, 15) is 48.3 Å². The number of Topliss-reactive ketones (excluding diaryl/α,β-unsaturated/α-hetero) is 1. The number of nitrogens with two attached hydrogens (primary N) is 2. The molecule has 470 valence electrons. The number of esters is 3. The topological polar surface area (TPSA) is 327 Å². The minimum atomic E-state index is -1.18. The maximum absolute atomic E-state index is 14.5. The smallest absolute Gasteiger partial charge is 0.309 e. The SMILES string of the molecule is [B]C(C)(C)C(C(=O)OC)C(C)(C)C(C)(C)C(CC(C)(C)C(C)C(=O)CCC)C(=O)NCCNC(=O)c1nc(N)c(C(=O)NCCNC(=O)C(CC(C(=O)O)C(C)(C)C(C)(C)C(C(=O)OC)C(C)(C)C)CC(C)(C)C(C)C(=O)OCC)nc1N. The largest absolute Gasteiger partial charge is 0.481 e. The van der Waals surface area contributed by atoms with Gasteiger partial charge in [-0.15, -0.1) is 0 Å². The number of nitrogen functional groups attached to an aromatic ring is 2. The predicted octanol–water partition coefficient (Wildman–Crippen LogP) is 7.79. The Hall–Kier alpha value is -5.83. The van der Waals surface area contributed by atoms with Gasteiger partial charge in [0.2, 0.25) is 11.8 Å². The average Bonchev–Trinajstić information content (AvgIpc) is 3.44. The molecule has 2 radical (unpaired) electrons. The fourth-order valence-electron chi connectivity index (χ4n) is 12.0. The molecule has 7 atom stereocenters. The number of hydrogen-bond acceptors (Lipinski definition) is 16. The Kier molecular flexibility index (Phi) is 26.6. The minimum absolute atomic E-state index is 0.0541. The summed E-state index contributed by atoms with van der Waals surface area (Å²) in [5.41, 5.74) is 5.40. The predicted molar refractivity (Wildman–Crippen MR) is 321 cm³/mol. The highest BCUT2D eigenvalue weighted by molar-refractivity contribution is 6.16. The lowest BCUT2D eigenvalue weighted by Crippen LogP contribution is -2.55. The normalized spacial score (nSPS) is 15.5. The number of carbonyl (C=O) groups excluding carboxylic acids is 8. The van der Waals surface area contributed by atoms with Crippen LogP contribution in [0.3, 0.4) is 0 Å². The second kappa shape index (κ2) is 29.3. The van der Waals surface area contributed by atoms with E-state index < -0.39 is 144 Å². The second-order valence-corrected chi connectivity index (χ2v) is 27.9. The van der Waals surface area contributed by atoms with Crippen LogP contribution in [-0.4, -0.2) is 123 Å². The molecule has 0 spiro atoms. The van der Waals surface area contributed by atoms with Gasteiger partial charge in [0.05, 0.1) is 52.3 Å². The number of nitrogens with one attached hydrogen (secondary N) is 4. The molecule has 21 nitrogen and oxygen atoms in total. The van der Waals surface area contributed by atoms with Crippen molar-refractivity contribution in [3.8, 4) is 0 Å². The van der Waals surface area contributed by atoms with Crippen LogP contribution in [0.5, 0.6) is 0 Å². The number of amides is 4. The number of carboxylic acids is 1. The van der Waals surface area contributed by atoms with E-state index in [0.717, 1.165) is 0 Å². The third kappa shape index (κ3) is 18.6. The molecule has 0 aliphatic carbocycles. The molecule has 0 bridgehead atoms. The number of aromatic nitrogens is 2. The fraction of sp³-hybridized carbons (Fsp3) is 0.787. The molecule has 0 aliphatic rings. The lowest BCUT2D eigenvalue weighted by molar-refractivity contribution is -0.171. The van der Waals surface area contributed by atoms with E-state index in [1.165, 1.54) is 14.2 Å². The Morgan fingerprint density at radius 3 is 1.35 bits per heavy atom. The second-order valence-electron chi connectivity index (χ2n) is 27.9. The van der Waals surface area contributed by atoms with Crippen LogP contribution in [0.25, 0.3) is 0 Å². The van der Waals surface area contributed by atoms with Crippen molar-refractivity contribution in [2.75, 3.05) is 58.5 Å². The number of ketones is 1. The molecule has 83 heavy (non-hydrogen) atoms. The number of carbonyl (C=O) groups is 9. The fourth-order valence-corrected chi connectivity index (χ4v) is 12.0. The van der Waals surface area contributed by atoms with Gasteiger partial charge in [0.25, 0.3) is 11.8 Å². The highest BCUT2D eigenvalue weighted by Gasteiger charge is 2.58. The summed E-state index contributed by atoms with van der Waals surface area (Å²) in [6.45, 7) is 38.3. The lowest BCUT2D eigenvalue weighted by Gasteiger charge is -2.54. The molecule has 0 aliphatic heterocycles. The molecule has 9 N–H and O–H groups in total. The third-order valence-corrected chi connectivity index (χ3v) is 18.8. The van der Waals surface area contributed by atoms with Crippen molar-refractivity contribution in [1.29, 1.82) is 0 Å². The Balaban J connectivity index is 3.42. The number of methoxy groups -OCH3 is 2. The maximum Gasteiger partial charge on any atom is 0.309 e. The maximum atomic E-state index is 14.5. The van der Waals surface area contributed by atoms with Crippen molar-refractivity contribution in [3.05, 3.63) is 11.4 Å². The van der Waals surface area contributed by atoms with Crippen LogP contribution in [0, 0.1) is 79.3 Å². The Morgan fingerprint density at radius 2 is 0.952 bits per heavy atom. The summed E-state index contributed by atoms with van der Waals surface area (Å²) in [4.78, 5) is 130. The number of nitrogens with zero attached hydrogens (tertiary/aromatic N) is 2. The first kappa shape index (κ1) is 75.2. The van der Waals surface area contributed by atoms with Gasteiger partial charge in [0.1, 0.15) is 5.78 Å². The van der Waals surface area contributed by atoms with Gasteiger partial charge in [-0.1, -0.05) is 144 Å². The molecule has 1 aromatic heterocycles. The first-order valence-corrected chi connectivity index (χ1v) is 29.0. The van der Waals surface area contributed by atoms with Gasteiger partial charge < -0.3 is 52.1 Å². The van der Waals surface area contributed by atoms with Crippen molar-refractivity contribution in [2.24, 2.45) is 79.3 Å². The van der Waals surface area contributed by atoms with Crippen molar-refractivity contribution in [2.45, 2.75) is 183 Å². The summed E-state index contributed by atoms with van der Waals surface area (Å²) in [7, 11) is 9.22. The quantitative estimate of drug-likeness (QED) is 0.0153. The zero-order valence-electron chi connectivity index (χ0n) is 54.6. The Bertz CT molecular complexity index is 2480. The van der Waals surface area contributed by atoms with E-state index in [1.807, 2.05) is 90.0 Å². The van der Waals surface area contributed by atoms with Crippen molar-refractivity contribution in [3.63, 3.8) is 0 Å². The number of rotatable bonds is 33. The van der Waals surface area contributed by atoms with Gasteiger partial charge in [-0.05, 0) is 70.5 Å². The molecule has 0 fully saturated rings. The minimum Gasteiger partial charge on any atom is -0.481 e. The van der Waals surface area contributed by atoms with E-state index in [0.29, 0.717) is 12.8 Å². The van der Waals surface area contributed by atoms with Crippen LogP contribution in [0.1, 0.15) is 198 Å². The van der Waals surface area contributed by atoms with Crippen LogP contribution < -0.4 is 32.7 Å². The monoisotopic (exact) mass is 1170 g/mol. The van der Waals surface area contributed by atoms with Crippen molar-refractivity contribution in [1.82, 2.24) is 31.2 Å². The van der Waals surface area contributed by atoms with Gasteiger partial charge >= 0.3 is 23.9 Å². The molecule has 0 saturated heterocycles. The molecule has 4 amide bonds. The van der Waals surface area contributed by atoms with Crippen LogP contribution in [0.15, 0.2) is 0 Å². The summed E-state index contributed by atoms with van der Waals surface area (Å²) in [5, 5.41) is 20.9. The van der Waals surface area contributed by atoms with Gasteiger partial charge in [0.15, 0.2) is 23.0 Å². The highest BCUT2D eigenvalue weighted by Crippen LogP contribution is 2.59. The number of ether oxygens (including phenoxy) is 3. The summed E-state index contributed by atoms with van der Waals surface area (Å²) >= 11 is 0. The zero-order chi connectivity index (χ0) is 65.0. The molecular formula is C61H105BN8O13. The van der Waals surface area contributed by atoms with Crippen molar-refractivity contribution < 1.29 is 62.5 Å². The van der Waals surface area contributed by atoms with Gasteiger partial charge in [-0.25, -0.2) is 9.97 Å². The number of aliphatic carboxylic acids is 1. The van der Waals surface area contributed by atoms with Crippen LogP contribution in [-0.2, 0) is 47.8 Å². The van der Waals surface area contributed by atoms with E-state index in [1.54, 1.807) is 55.4 Å². The van der Waals surface area contributed by atoms with Gasteiger partial charge in [0, 0.05) is 50.4 Å². The summed E-state index contributed by atoms with van der Waals surface area (Å²) in [6, 6.07) is 0. The van der Waals surface area contributed by atoms with Crippen molar-refractivity contribution >= 4 is 72.8 Å².